The highest BCUT2D eigenvalue weighted by Gasteiger charge is 2.39. The number of carbonyl (C=O) groups excluding carboxylic acids is 3. The van der Waals surface area contributed by atoms with Gasteiger partial charge in [-0.3, -0.25) is 9.59 Å². The SMILES string of the molecule is CCCCCC(=O)NC1(CC(=O)OC)CCC(NC(=O)NC)CC1. The van der Waals surface area contributed by atoms with E-state index in [1.165, 1.54) is 7.11 Å². The number of hydrogen-bond donors (Lipinski definition) is 3. The fraction of sp³-hybridized carbons (Fsp3) is 0.824. The van der Waals surface area contributed by atoms with Gasteiger partial charge in [0.2, 0.25) is 5.91 Å². The van der Waals surface area contributed by atoms with Gasteiger partial charge in [0.05, 0.1) is 19.1 Å². The first-order valence-electron chi connectivity index (χ1n) is 8.80. The fourth-order valence-electron chi connectivity index (χ4n) is 3.16. The van der Waals surface area contributed by atoms with E-state index in [1.54, 1.807) is 7.05 Å². The maximum Gasteiger partial charge on any atom is 0.314 e. The zero-order valence-electron chi connectivity index (χ0n) is 15.1. The molecule has 0 atom stereocenters. The monoisotopic (exact) mass is 341 g/mol. The van der Waals surface area contributed by atoms with Gasteiger partial charge in [-0.2, -0.15) is 0 Å². The molecule has 0 aromatic heterocycles. The number of rotatable bonds is 8. The first-order valence-corrected chi connectivity index (χ1v) is 8.80. The van der Waals surface area contributed by atoms with Gasteiger partial charge in [-0.15, -0.1) is 0 Å². The summed E-state index contributed by atoms with van der Waals surface area (Å²) < 4.78 is 4.80. The number of ether oxygens (including phenoxy) is 1. The van der Waals surface area contributed by atoms with E-state index < -0.39 is 5.54 Å². The Morgan fingerprint density at radius 1 is 1.17 bits per heavy atom. The zero-order valence-corrected chi connectivity index (χ0v) is 15.1. The van der Waals surface area contributed by atoms with Crippen LogP contribution >= 0.6 is 0 Å². The molecule has 1 rings (SSSR count). The Bertz CT molecular complexity index is 432. The Kier molecular flexibility index (Phi) is 8.57. The van der Waals surface area contributed by atoms with Crippen molar-refractivity contribution in [3.63, 3.8) is 0 Å². The molecule has 1 saturated carbocycles. The van der Waals surface area contributed by atoms with Crippen LogP contribution in [-0.2, 0) is 14.3 Å². The molecule has 24 heavy (non-hydrogen) atoms. The topological polar surface area (TPSA) is 96.5 Å². The standard InChI is InChI=1S/C17H31N3O4/c1-4-5-6-7-14(21)20-17(12-15(22)24-3)10-8-13(9-11-17)19-16(23)18-2/h13H,4-12H2,1-3H3,(H,20,21)(H2,18,19,23). The van der Waals surface area contributed by atoms with Gasteiger partial charge in [0.25, 0.3) is 0 Å². The van der Waals surface area contributed by atoms with Gasteiger partial charge < -0.3 is 20.7 Å². The second kappa shape index (κ2) is 10.2. The summed E-state index contributed by atoms with van der Waals surface area (Å²) in [5.74, 6) is -0.327. The zero-order chi connectivity index (χ0) is 18.0. The minimum absolute atomic E-state index is 0.00920. The predicted molar refractivity (Wildman–Crippen MR) is 91.5 cm³/mol. The van der Waals surface area contributed by atoms with Crippen LogP contribution < -0.4 is 16.0 Å². The molecule has 0 bridgehead atoms. The smallest absolute Gasteiger partial charge is 0.314 e. The first-order chi connectivity index (χ1) is 11.4. The Hall–Kier alpha value is -1.79. The number of hydrogen-bond acceptors (Lipinski definition) is 4. The van der Waals surface area contributed by atoms with Crippen molar-refractivity contribution >= 4 is 17.9 Å². The summed E-state index contributed by atoms with van der Waals surface area (Å²) in [6.07, 6.45) is 6.35. The third kappa shape index (κ3) is 6.76. The molecule has 0 heterocycles. The molecular weight excluding hydrogens is 310 g/mol. The molecule has 3 amide bonds. The molecule has 7 nitrogen and oxygen atoms in total. The van der Waals surface area contributed by atoms with Crippen molar-refractivity contribution in [2.45, 2.75) is 76.3 Å². The molecular formula is C17H31N3O4. The van der Waals surface area contributed by atoms with E-state index in [0.29, 0.717) is 19.3 Å². The predicted octanol–water partition coefficient (Wildman–Crippen LogP) is 1.86. The highest BCUT2D eigenvalue weighted by atomic mass is 16.5. The molecule has 1 aliphatic carbocycles. The molecule has 0 unspecified atom stereocenters. The van der Waals surface area contributed by atoms with Crippen molar-refractivity contribution < 1.29 is 19.1 Å². The van der Waals surface area contributed by atoms with E-state index in [2.05, 4.69) is 22.9 Å². The third-order valence-electron chi connectivity index (χ3n) is 4.63. The van der Waals surface area contributed by atoms with E-state index in [9.17, 15) is 14.4 Å². The van der Waals surface area contributed by atoms with E-state index in [-0.39, 0.29) is 30.4 Å². The largest absolute Gasteiger partial charge is 0.469 e. The average molecular weight is 341 g/mol. The number of amides is 3. The number of methoxy groups -OCH3 is 1. The van der Waals surface area contributed by atoms with E-state index in [0.717, 1.165) is 32.1 Å². The second-order valence-corrected chi connectivity index (χ2v) is 6.54. The van der Waals surface area contributed by atoms with Crippen molar-refractivity contribution in [3.8, 4) is 0 Å². The number of urea groups is 1. The Morgan fingerprint density at radius 2 is 1.83 bits per heavy atom. The summed E-state index contributed by atoms with van der Waals surface area (Å²) in [7, 11) is 2.94. The third-order valence-corrected chi connectivity index (χ3v) is 4.63. The number of unbranched alkanes of at least 4 members (excludes halogenated alkanes) is 2. The van der Waals surface area contributed by atoms with Crippen LogP contribution in [0, 0.1) is 0 Å². The van der Waals surface area contributed by atoms with Gasteiger partial charge in [0, 0.05) is 19.5 Å². The Balaban J connectivity index is 2.63. The Labute approximate surface area is 144 Å². The van der Waals surface area contributed by atoms with Crippen LogP contribution in [0.1, 0.15) is 64.7 Å². The van der Waals surface area contributed by atoms with Gasteiger partial charge in [-0.05, 0) is 32.1 Å². The van der Waals surface area contributed by atoms with Crippen molar-refractivity contribution in [3.05, 3.63) is 0 Å². The molecule has 0 saturated heterocycles. The van der Waals surface area contributed by atoms with Gasteiger partial charge >= 0.3 is 12.0 Å². The average Bonchev–Trinajstić information content (AvgIpc) is 2.57. The Morgan fingerprint density at radius 3 is 2.38 bits per heavy atom. The molecule has 3 N–H and O–H groups in total. The van der Waals surface area contributed by atoms with Gasteiger partial charge in [-0.1, -0.05) is 19.8 Å². The van der Waals surface area contributed by atoms with Crippen LogP contribution in [0.5, 0.6) is 0 Å². The lowest BCUT2D eigenvalue weighted by molar-refractivity contribution is -0.143. The van der Waals surface area contributed by atoms with Crippen molar-refractivity contribution in [1.29, 1.82) is 0 Å². The van der Waals surface area contributed by atoms with Gasteiger partial charge in [0.15, 0.2) is 0 Å². The quantitative estimate of drug-likeness (QED) is 0.464. The van der Waals surface area contributed by atoms with Crippen LogP contribution in [0.25, 0.3) is 0 Å². The van der Waals surface area contributed by atoms with E-state index in [4.69, 9.17) is 4.74 Å². The molecule has 1 fully saturated rings. The molecule has 0 aliphatic heterocycles. The fourth-order valence-corrected chi connectivity index (χ4v) is 3.16. The second-order valence-electron chi connectivity index (χ2n) is 6.54. The molecule has 0 aromatic rings. The van der Waals surface area contributed by atoms with Gasteiger partial charge in [0.1, 0.15) is 0 Å². The summed E-state index contributed by atoms with van der Waals surface area (Å²) in [6, 6.07) is -0.142. The number of esters is 1. The lowest BCUT2D eigenvalue weighted by Crippen LogP contribution is -2.55. The summed E-state index contributed by atoms with van der Waals surface area (Å²) in [5.41, 5.74) is -0.558. The van der Waals surface area contributed by atoms with Crippen molar-refractivity contribution in [1.82, 2.24) is 16.0 Å². The molecule has 0 aromatic carbocycles. The maximum absolute atomic E-state index is 12.2. The summed E-state index contributed by atoms with van der Waals surface area (Å²) in [5, 5.41) is 8.51. The summed E-state index contributed by atoms with van der Waals surface area (Å²) >= 11 is 0. The van der Waals surface area contributed by atoms with Crippen LogP contribution in [-0.4, -0.2) is 43.6 Å². The normalized spacial score (nSPS) is 23.2. The molecule has 1 aliphatic rings. The van der Waals surface area contributed by atoms with Crippen molar-refractivity contribution in [2.75, 3.05) is 14.2 Å². The van der Waals surface area contributed by atoms with Gasteiger partial charge in [-0.25, -0.2) is 4.79 Å². The van der Waals surface area contributed by atoms with Crippen LogP contribution in [0.3, 0.4) is 0 Å². The van der Waals surface area contributed by atoms with Crippen LogP contribution in [0.2, 0.25) is 0 Å². The lowest BCUT2D eigenvalue weighted by atomic mass is 9.77. The minimum atomic E-state index is -0.558. The molecule has 0 radical (unpaired) electrons. The molecule has 0 spiro atoms. The maximum atomic E-state index is 12.2. The first kappa shape index (κ1) is 20.3. The van der Waals surface area contributed by atoms with E-state index in [1.807, 2.05) is 0 Å². The highest BCUT2D eigenvalue weighted by Crippen LogP contribution is 2.32. The van der Waals surface area contributed by atoms with E-state index >= 15 is 0 Å². The number of nitrogens with one attached hydrogen (secondary N) is 3. The minimum Gasteiger partial charge on any atom is -0.469 e. The van der Waals surface area contributed by atoms with Crippen molar-refractivity contribution in [2.24, 2.45) is 0 Å². The lowest BCUT2D eigenvalue weighted by Gasteiger charge is -2.40. The number of carbonyl (C=O) groups is 3. The highest BCUT2D eigenvalue weighted by molar-refractivity contribution is 5.78. The van der Waals surface area contributed by atoms with Crippen LogP contribution in [0.4, 0.5) is 4.79 Å². The summed E-state index contributed by atoms with van der Waals surface area (Å²) in [4.78, 5) is 35.4. The molecule has 138 valence electrons. The molecule has 7 heteroatoms. The van der Waals surface area contributed by atoms with Crippen LogP contribution in [0.15, 0.2) is 0 Å². The summed E-state index contributed by atoms with van der Waals surface area (Å²) in [6.45, 7) is 2.09.